The van der Waals surface area contributed by atoms with E-state index in [9.17, 15) is 9.59 Å². The number of methoxy groups -OCH3 is 1. The minimum Gasteiger partial charge on any atom is -0.467 e. The van der Waals surface area contributed by atoms with E-state index in [-0.39, 0.29) is 23.8 Å². The highest BCUT2D eigenvalue weighted by Crippen LogP contribution is 2.24. The summed E-state index contributed by atoms with van der Waals surface area (Å²) in [5.74, 6) is 0.192. The lowest BCUT2D eigenvalue weighted by Gasteiger charge is -2.36. The van der Waals surface area contributed by atoms with E-state index >= 15 is 0 Å². The van der Waals surface area contributed by atoms with Gasteiger partial charge in [0.2, 0.25) is 5.91 Å². The molecule has 5 nitrogen and oxygen atoms in total. The van der Waals surface area contributed by atoms with Crippen molar-refractivity contribution in [1.29, 1.82) is 0 Å². The molecular formula is C13H22N2O3. The van der Waals surface area contributed by atoms with E-state index in [1.165, 1.54) is 7.11 Å². The van der Waals surface area contributed by atoms with Crippen molar-refractivity contribution in [3.8, 4) is 0 Å². The number of ether oxygens (including phenoxy) is 1. The van der Waals surface area contributed by atoms with Gasteiger partial charge in [0.25, 0.3) is 0 Å². The normalized spacial score (nSPS) is 32.3. The fraction of sp³-hybridized carbons (Fsp3) is 0.846. The van der Waals surface area contributed by atoms with Crippen LogP contribution in [0.1, 0.15) is 26.2 Å². The Morgan fingerprint density at radius 2 is 2.06 bits per heavy atom. The first kappa shape index (κ1) is 13.3. The zero-order chi connectivity index (χ0) is 13.1. The van der Waals surface area contributed by atoms with Gasteiger partial charge in [-0.3, -0.25) is 4.79 Å². The average Bonchev–Trinajstić information content (AvgIpc) is 2.83. The fourth-order valence-corrected chi connectivity index (χ4v) is 2.93. The topological polar surface area (TPSA) is 58.6 Å². The van der Waals surface area contributed by atoms with Gasteiger partial charge in [0.1, 0.15) is 6.04 Å². The van der Waals surface area contributed by atoms with Gasteiger partial charge in [0.15, 0.2) is 0 Å². The molecule has 2 fully saturated rings. The minimum atomic E-state index is -0.371. The van der Waals surface area contributed by atoms with Gasteiger partial charge in [-0.25, -0.2) is 4.79 Å². The van der Waals surface area contributed by atoms with Gasteiger partial charge >= 0.3 is 5.97 Å². The lowest BCUT2D eigenvalue weighted by atomic mass is 9.93. The summed E-state index contributed by atoms with van der Waals surface area (Å²) in [6.07, 6.45) is 2.70. The molecule has 1 N–H and O–H groups in total. The van der Waals surface area contributed by atoms with Crippen LogP contribution in [-0.4, -0.2) is 49.6 Å². The van der Waals surface area contributed by atoms with E-state index in [0.717, 1.165) is 32.4 Å². The van der Waals surface area contributed by atoms with Crippen LogP contribution >= 0.6 is 0 Å². The van der Waals surface area contributed by atoms with Crippen molar-refractivity contribution in [2.45, 2.75) is 32.2 Å². The number of nitrogens with one attached hydrogen (secondary N) is 1. The molecule has 0 radical (unpaired) electrons. The molecule has 3 atom stereocenters. The Morgan fingerprint density at radius 1 is 1.28 bits per heavy atom. The van der Waals surface area contributed by atoms with Crippen LogP contribution in [0.2, 0.25) is 0 Å². The maximum absolute atomic E-state index is 12.5. The van der Waals surface area contributed by atoms with E-state index in [4.69, 9.17) is 4.74 Å². The first-order valence-corrected chi connectivity index (χ1v) is 6.74. The van der Waals surface area contributed by atoms with Crippen molar-refractivity contribution in [3.05, 3.63) is 0 Å². The molecule has 5 heteroatoms. The molecule has 2 aliphatic rings. The Morgan fingerprint density at radius 3 is 2.67 bits per heavy atom. The van der Waals surface area contributed by atoms with E-state index in [1.807, 2.05) is 0 Å². The highest BCUT2D eigenvalue weighted by atomic mass is 16.5. The highest BCUT2D eigenvalue weighted by Gasteiger charge is 2.39. The molecule has 0 bridgehead atoms. The van der Waals surface area contributed by atoms with Crippen LogP contribution in [-0.2, 0) is 14.3 Å². The molecule has 2 rings (SSSR count). The molecule has 1 unspecified atom stereocenters. The Hall–Kier alpha value is -1.10. The third-order valence-electron chi connectivity index (χ3n) is 4.09. The molecule has 18 heavy (non-hydrogen) atoms. The van der Waals surface area contributed by atoms with E-state index in [1.54, 1.807) is 4.90 Å². The Kier molecular flexibility index (Phi) is 4.22. The first-order chi connectivity index (χ1) is 8.65. The van der Waals surface area contributed by atoms with E-state index < -0.39 is 0 Å². The van der Waals surface area contributed by atoms with E-state index in [0.29, 0.717) is 12.5 Å². The SMILES string of the molecule is COC(=O)C1CCCCN1C(=O)[C@@H]1CNC[C@H]1C. The molecule has 2 aliphatic heterocycles. The number of carbonyl (C=O) groups excluding carboxylic acids is 2. The predicted molar refractivity (Wildman–Crippen MR) is 66.9 cm³/mol. The number of nitrogens with zero attached hydrogens (tertiary/aromatic N) is 1. The van der Waals surface area contributed by atoms with Gasteiger partial charge in [-0.05, 0) is 31.7 Å². The van der Waals surface area contributed by atoms with Gasteiger partial charge in [0, 0.05) is 13.1 Å². The maximum Gasteiger partial charge on any atom is 0.328 e. The van der Waals surface area contributed by atoms with Crippen molar-refractivity contribution in [1.82, 2.24) is 10.2 Å². The summed E-state index contributed by atoms with van der Waals surface area (Å²) in [5, 5.41) is 3.24. The predicted octanol–water partition coefficient (Wildman–Crippen LogP) is 0.396. The third kappa shape index (κ3) is 2.51. The summed E-state index contributed by atoms with van der Waals surface area (Å²) < 4.78 is 4.81. The molecule has 1 amide bonds. The molecule has 0 aromatic carbocycles. The molecule has 0 aliphatic carbocycles. The summed E-state index contributed by atoms with van der Waals surface area (Å²) in [4.78, 5) is 26.0. The van der Waals surface area contributed by atoms with Gasteiger partial charge in [-0.2, -0.15) is 0 Å². The highest BCUT2D eigenvalue weighted by molar-refractivity contribution is 5.86. The third-order valence-corrected chi connectivity index (χ3v) is 4.09. The molecular weight excluding hydrogens is 232 g/mol. The van der Waals surface area contributed by atoms with Crippen LogP contribution in [0.4, 0.5) is 0 Å². The standard InChI is InChI=1S/C13H22N2O3/c1-9-7-14-8-10(9)12(16)15-6-4-3-5-11(15)13(17)18-2/h9-11,14H,3-8H2,1-2H3/t9-,10-,11?/m1/s1. The maximum atomic E-state index is 12.5. The van der Waals surface area contributed by atoms with Crippen LogP contribution in [0, 0.1) is 11.8 Å². The number of hydrogen-bond acceptors (Lipinski definition) is 4. The summed E-state index contributed by atoms with van der Waals surface area (Å²) >= 11 is 0. The number of hydrogen-bond donors (Lipinski definition) is 1. The van der Waals surface area contributed by atoms with Crippen molar-refractivity contribution in [2.75, 3.05) is 26.7 Å². The Balaban J connectivity index is 2.08. The van der Waals surface area contributed by atoms with Crippen LogP contribution in [0.5, 0.6) is 0 Å². The molecule has 2 heterocycles. The number of piperidine rings is 1. The number of esters is 1. The number of carbonyl (C=O) groups is 2. The first-order valence-electron chi connectivity index (χ1n) is 6.74. The van der Waals surface area contributed by atoms with Gasteiger partial charge in [-0.1, -0.05) is 6.92 Å². The van der Waals surface area contributed by atoms with Crippen LogP contribution in [0.15, 0.2) is 0 Å². The average molecular weight is 254 g/mol. The number of likely N-dealkylation sites (tertiary alicyclic amines) is 1. The lowest BCUT2D eigenvalue weighted by Crippen LogP contribution is -2.51. The van der Waals surface area contributed by atoms with Crippen molar-refractivity contribution in [3.63, 3.8) is 0 Å². The molecule has 0 aromatic rings. The summed E-state index contributed by atoms with van der Waals surface area (Å²) in [6, 6.07) is -0.371. The zero-order valence-corrected chi connectivity index (χ0v) is 11.1. The number of rotatable bonds is 2. The molecule has 0 saturated carbocycles. The Labute approximate surface area is 108 Å². The van der Waals surface area contributed by atoms with Crippen LogP contribution in [0.25, 0.3) is 0 Å². The molecule has 0 aromatic heterocycles. The lowest BCUT2D eigenvalue weighted by molar-refractivity contribution is -0.156. The van der Waals surface area contributed by atoms with Gasteiger partial charge < -0.3 is 15.0 Å². The smallest absolute Gasteiger partial charge is 0.328 e. The largest absolute Gasteiger partial charge is 0.467 e. The fourth-order valence-electron chi connectivity index (χ4n) is 2.93. The van der Waals surface area contributed by atoms with Crippen molar-refractivity contribution in [2.24, 2.45) is 11.8 Å². The summed E-state index contributed by atoms with van der Waals surface area (Å²) in [5.41, 5.74) is 0. The minimum absolute atomic E-state index is 0.00950. The quantitative estimate of drug-likeness (QED) is 0.725. The second-order valence-corrected chi connectivity index (χ2v) is 5.31. The Bertz CT molecular complexity index is 332. The monoisotopic (exact) mass is 254 g/mol. The van der Waals surface area contributed by atoms with Gasteiger partial charge in [-0.15, -0.1) is 0 Å². The molecule has 0 spiro atoms. The van der Waals surface area contributed by atoms with Crippen molar-refractivity contribution >= 4 is 11.9 Å². The second kappa shape index (κ2) is 5.69. The zero-order valence-electron chi connectivity index (χ0n) is 11.1. The van der Waals surface area contributed by atoms with Gasteiger partial charge in [0.05, 0.1) is 13.0 Å². The van der Waals surface area contributed by atoms with Crippen LogP contribution < -0.4 is 5.32 Å². The molecule has 102 valence electrons. The van der Waals surface area contributed by atoms with Crippen LogP contribution in [0.3, 0.4) is 0 Å². The summed E-state index contributed by atoms with van der Waals surface area (Å²) in [6.45, 7) is 4.37. The summed E-state index contributed by atoms with van der Waals surface area (Å²) in [7, 11) is 1.39. The molecule has 2 saturated heterocycles. The van der Waals surface area contributed by atoms with E-state index in [2.05, 4.69) is 12.2 Å². The van der Waals surface area contributed by atoms with Crippen molar-refractivity contribution < 1.29 is 14.3 Å². The second-order valence-electron chi connectivity index (χ2n) is 5.31. The number of amides is 1.